The van der Waals surface area contributed by atoms with Crippen molar-refractivity contribution >= 4 is 5.91 Å². The number of para-hydroxylation sites is 1. The predicted octanol–water partition coefficient (Wildman–Crippen LogP) is 0.340. The Hall–Kier alpha value is -2.63. The summed E-state index contributed by atoms with van der Waals surface area (Å²) in [5.74, 6) is -0.684. The molecule has 6 heteroatoms. The third-order valence-electron chi connectivity index (χ3n) is 2.35. The van der Waals surface area contributed by atoms with E-state index in [1.54, 1.807) is 24.3 Å². The van der Waals surface area contributed by atoms with Gasteiger partial charge in [-0.1, -0.05) is 18.2 Å². The lowest BCUT2D eigenvalue weighted by molar-refractivity contribution is 0.0990. The van der Waals surface area contributed by atoms with Crippen LogP contribution in [-0.4, -0.2) is 22.8 Å². The van der Waals surface area contributed by atoms with Crippen molar-refractivity contribution in [3.8, 4) is 11.4 Å². The molecule has 0 unspecified atom stereocenters. The highest BCUT2D eigenvalue weighted by Crippen LogP contribution is 2.13. The van der Waals surface area contributed by atoms with Gasteiger partial charge in [-0.05, 0) is 12.1 Å². The Morgan fingerprint density at radius 1 is 1.33 bits per heavy atom. The van der Waals surface area contributed by atoms with Crippen molar-refractivity contribution in [3.05, 3.63) is 52.4 Å². The number of primary amides is 1. The van der Waals surface area contributed by atoms with E-state index in [-0.39, 0.29) is 11.4 Å². The molecule has 1 aromatic carbocycles. The zero-order valence-corrected chi connectivity index (χ0v) is 9.66. The van der Waals surface area contributed by atoms with Crippen LogP contribution in [0, 0.1) is 0 Å². The van der Waals surface area contributed by atoms with Crippen LogP contribution < -0.4 is 16.0 Å². The molecule has 0 fully saturated rings. The maximum atomic E-state index is 11.8. The number of benzene rings is 1. The number of hydrogen-bond acceptors (Lipinski definition) is 4. The molecule has 0 aliphatic carbocycles. The quantitative estimate of drug-likeness (QED) is 0.844. The van der Waals surface area contributed by atoms with Crippen molar-refractivity contribution in [1.29, 1.82) is 0 Å². The molecule has 0 saturated heterocycles. The summed E-state index contributed by atoms with van der Waals surface area (Å²) < 4.78 is 6.00. The van der Waals surface area contributed by atoms with Crippen molar-refractivity contribution in [1.82, 2.24) is 9.78 Å². The van der Waals surface area contributed by atoms with Gasteiger partial charge in [-0.15, -0.1) is 0 Å². The van der Waals surface area contributed by atoms with Crippen molar-refractivity contribution in [2.45, 2.75) is 0 Å². The van der Waals surface area contributed by atoms with E-state index in [4.69, 9.17) is 10.5 Å². The lowest BCUT2D eigenvalue weighted by Crippen LogP contribution is -2.26. The summed E-state index contributed by atoms with van der Waals surface area (Å²) in [6.45, 7) is 0. The zero-order valence-electron chi connectivity index (χ0n) is 9.66. The molecule has 18 heavy (non-hydrogen) atoms. The minimum Gasteiger partial charge on any atom is -0.494 e. The van der Waals surface area contributed by atoms with E-state index >= 15 is 0 Å². The van der Waals surface area contributed by atoms with E-state index in [1.807, 2.05) is 6.07 Å². The van der Waals surface area contributed by atoms with E-state index in [1.165, 1.54) is 13.2 Å². The molecule has 2 rings (SSSR count). The van der Waals surface area contributed by atoms with E-state index in [0.29, 0.717) is 5.69 Å². The van der Waals surface area contributed by atoms with Gasteiger partial charge in [-0.2, -0.15) is 9.78 Å². The topological polar surface area (TPSA) is 87.2 Å². The Labute approximate surface area is 103 Å². The molecule has 0 bridgehead atoms. The molecule has 0 atom stereocenters. The van der Waals surface area contributed by atoms with Gasteiger partial charge in [0.2, 0.25) is 0 Å². The van der Waals surface area contributed by atoms with Crippen LogP contribution in [0.25, 0.3) is 5.69 Å². The van der Waals surface area contributed by atoms with Crippen molar-refractivity contribution in [2.75, 3.05) is 7.11 Å². The van der Waals surface area contributed by atoms with E-state index < -0.39 is 11.5 Å². The molecule has 6 nitrogen and oxygen atoms in total. The van der Waals surface area contributed by atoms with Gasteiger partial charge in [-0.25, -0.2) is 0 Å². The summed E-state index contributed by atoms with van der Waals surface area (Å²) >= 11 is 0. The fourth-order valence-electron chi connectivity index (χ4n) is 1.52. The Kier molecular flexibility index (Phi) is 3.09. The predicted molar refractivity (Wildman–Crippen MR) is 64.9 cm³/mol. The Morgan fingerprint density at radius 3 is 2.56 bits per heavy atom. The molecule has 1 aromatic heterocycles. The fraction of sp³-hybridized carbons (Fsp3) is 0.0833. The van der Waals surface area contributed by atoms with Crippen LogP contribution in [-0.2, 0) is 0 Å². The summed E-state index contributed by atoms with van der Waals surface area (Å²) in [4.78, 5) is 23.1. The standard InChI is InChI=1S/C12H11N3O3/c1-18-9-7-10(16)15(14-11(9)12(13)17)8-5-3-2-4-6-8/h2-7H,1H3,(H2,13,17). The molecular weight excluding hydrogens is 234 g/mol. The number of carbonyl (C=O) groups excluding carboxylic acids is 1. The second-order valence-electron chi connectivity index (χ2n) is 3.51. The normalized spacial score (nSPS) is 10.1. The SMILES string of the molecule is COc1cc(=O)n(-c2ccccc2)nc1C(N)=O. The van der Waals surface area contributed by atoms with Gasteiger partial charge in [0.05, 0.1) is 18.9 Å². The number of hydrogen-bond donors (Lipinski definition) is 1. The average Bonchev–Trinajstić information content (AvgIpc) is 2.39. The first-order valence-corrected chi connectivity index (χ1v) is 5.17. The molecule has 2 aromatic rings. The van der Waals surface area contributed by atoms with Gasteiger partial charge < -0.3 is 10.5 Å². The van der Waals surface area contributed by atoms with Gasteiger partial charge in [0.25, 0.3) is 11.5 Å². The Morgan fingerprint density at radius 2 is 2.00 bits per heavy atom. The number of methoxy groups -OCH3 is 1. The van der Waals surface area contributed by atoms with Gasteiger partial charge in [0, 0.05) is 0 Å². The van der Waals surface area contributed by atoms with Crippen molar-refractivity contribution in [3.63, 3.8) is 0 Å². The summed E-state index contributed by atoms with van der Waals surface area (Å²) in [6.07, 6.45) is 0. The molecule has 0 radical (unpaired) electrons. The Balaban J connectivity index is 2.67. The van der Waals surface area contributed by atoms with E-state index in [2.05, 4.69) is 5.10 Å². The van der Waals surface area contributed by atoms with Crippen LogP contribution in [0.2, 0.25) is 0 Å². The monoisotopic (exact) mass is 245 g/mol. The molecule has 92 valence electrons. The highest BCUT2D eigenvalue weighted by atomic mass is 16.5. The minimum atomic E-state index is -0.753. The number of nitrogens with zero attached hydrogens (tertiary/aromatic N) is 2. The summed E-state index contributed by atoms with van der Waals surface area (Å²) in [5.41, 5.74) is 5.26. The van der Waals surface area contributed by atoms with Crippen LogP contribution >= 0.6 is 0 Å². The van der Waals surface area contributed by atoms with Gasteiger partial charge in [0.15, 0.2) is 11.4 Å². The fourth-order valence-corrected chi connectivity index (χ4v) is 1.52. The number of aromatic nitrogens is 2. The highest BCUT2D eigenvalue weighted by Gasteiger charge is 2.14. The number of rotatable bonds is 3. The van der Waals surface area contributed by atoms with Crippen LogP contribution in [0.1, 0.15) is 10.5 Å². The van der Waals surface area contributed by atoms with E-state index in [0.717, 1.165) is 4.68 Å². The zero-order chi connectivity index (χ0) is 13.1. The molecule has 2 N–H and O–H groups in total. The van der Waals surface area contributed by atoms with Crippen LogP contribution in [0.5, 0.6) is 5.75 Å². The smallest absolute Gasteiger partial charge is 0.275 e. The van der Waals surface area contributed by atoms with Crippen LogP contribution in [0.4, 0.5) is 0 Å². The maximum absolute atomic E-state index is 11.8. The third kappa shape index (κ3) is 2.08. The first-order chi connectivity index (χ1) is 8.63. The number of nitrogens with two attached hydrogens (primary N) is 1. The second kappa shape index (κ2) is 4.70. The average molecular weight is 245 g/mol. The lowest BCUT2D eigenvalue weighted by atomic mass is 10.3. The van der Waals surface area contributed by atoms with Crippen LogP contribution in [0.15, 0.2) is 41.2 Å². The minimum absolute atomic E-state index is 0.0691. The molecule has 0 aliphatic rings. The highest BCUT2D eigenvalue weighted by molar-refractivity contribution is 5.93. The number of amides is 1. The second-order valence-corrected chi connectivity index (χ2v) is 3.51. The largest absolute Gasteiger partial charge is 0.494 e. The number of ether oxygens (including phenoxy) is 1. The summed E-state index contributed by atoms with van der Waals surface area (Å²) in [6, 6.07) is 9.92. The molecular formula is C12H11N3O3. The molecule has 0 spiro atoms. The van der Waals surface area contributed by atoms with Crippen molar-refractivity contribution in [2.24, 2.45) is 5.73 Å². The van der Waals surface area contributed by atoms with Crippen LogP contribution in [0.3, 0.4) is 0 Å². The molecule has 1 amide bonds. The van der Waals surface area contributed by atoms with Crippen molar-refractivity contribution < 1.29 is 9.53 Å². The van der Waals surface area contributed by atoms with E-state index in [9.17, 15) is 9.59 Å². The molecule has 0 aliphatic heterocycles. The van der Waals surface area contributed by atoms with Gasteiger partial charge >= 0.3 is 0 Å². The number of carbonyl (C=O) groups is 1. The summed E-state index contributed by atoms with van der Waals surface area (Å²) in [7, 11) is 1.34. The summed E-state index contributed by atoms with van der Waals surface area (Å²) in [5, 5.41) is 3.92. The van der Waals surface area contributed by atoms with Gasteiger partial charge in [0.1, 0.15) is 0 Å². The molecule has 0 saturated carbocycles. The Bertz CT molecular complexity index is 635. The first kappa shape index (κ1) is 11.8. The third-order valence-corrected chi connectivity index (χ3v) is 2.35. The molecule has 1 heterocycles. The first-order valence-electron chi connectivity index (χ1n) is 5.17. The lowest BCUT2D eigenvalue weighted by Gasteiger charge is -2.08. The maximum Gasteiger partial charge on any atom is 0.275 e. The van der Waals surface area contributed by atoms with Gasteiger partial charge in [-0.3, -0.25) is 9.59 Å².